The fraction of sp³-hybridized carbons (Fsp3) is 0.292. The van der Waals surface area contributed by atoms with E-state index >= 15 is 0 Å². The van der Waals surface area contributed by atoms with Crippen LogP contribution in [0.3, 0.4) is 0 Å². The van der Waals surface area contributed by atoms with Crippen LogP contribution in [-0.2, 0) is 10.0 Å². The molecule has 0 saturated carbocycles. The van der Waals surface area contributed by atoms with Crippen LogP contribution >= 0.6 is 0 Å². The van der Waals surface area contributed by atoms with E-state index in [0.29, 0.717) is 28.8 Å². The molecule has 3 heterocycles. The highest BCUT2D eigenvalue weighted by atomic mass is 32.2. The van der Waals surface area contributed by atoms with Gasteiger partial charge in [0.1, 0.15) is 28.7 Å². The standard InChI is InChI=1S/C24H26FN7O5S/c1-14(22-26-13-12-19(25)28-22)15(2)38(33,34)31-24-30-29-23(16-8-6-11-20(27-16)37-5)32(24)21-17(35-3)9-7-10-18(21)36-4/h6-15H,1-5H3,(H,30,31)/t14-,15-/m1/s1. The van der Waals surface area contributed by atoms with E-state index in [-0.39, 0.29) is 17.6 Å². The number of ether oxygens (including phenoxy) is 3. The lowest BCUT2D eigenvalue weighted by Gasteiger charge is -2.21. The number of aromatic nitrogens is 6. The van der Waals surface area contributed by atoms with Gasteiger partial charge >= 0.3 is 0 Å². The lowest BCUT2D eigenvalue weighted by molar-refractivity contribution is 0.391. The van der Waals surface area contributed by atoms with Gasteiger partial charge in [-0.15, -0.1) is 10.2 Å². The summed E-state index contributed by atoms with van der Waals surface area (Å²) in [5.74, 6) is -0.352. The van der Waals surface area contributed by atoms with Crippen LogP contribution in [-0.4, -0.2) is 64.7 Å². The third-order valence-electron chi connectivity index (χ3n) is 5.92. The van der Waals surface area contributed by atoms with Gasteiger partial charge in [0.05, 0.1) is 26.6 Å². The Morgan fingerprint density at radius 3 is 2.24 bits per heavy atom. The Hall–Kier alpha value is -4.33. The summed E-state index contributed by atoms with van der Waals surface area (Å²) in [6.45, 7) is 3.06. The van der Waals surface area contributed by atoms with Crippen molar-refractivity contribution < 1.29 is 27.0 Å². The fourth-order valence-electron chi connectivity index (χ4n) is 3.70. The summed E-state index contributed by atoms with van der Waals surface area (Å²) in [7, 11) is 0.291. The van der Waals surface area contributed by atoms with Gasteiger partial charge < -0.3 is 14.2 Å². The number of methoxy groups -OCH3 is 3. The maximum Gasteiger partial charge on any atom is 0.243 e. The number of pyridine rings is 1. The van der Waals surface area contributed by atoms with Crippen molar-refractivity contribution in [2.24, 2.45) is 0 Å². The Bertz CT molecular complexity index is 1520. The van der Waals surface area contributed by atoms with Crippen molar-refractivity contribution in [1.29, 1.82) is 0 Å². The van der Waals surface area contributed by atoms with Crippen molar-refractivity contribution in [3.05, 3.63) is 60.4 Å². The van der Waals surface area contributed by atoms with Crippen molar-refractivity contribution in [2.45, 2.75) is 25.0 Å². The molecular formula is C24H26FN7O5S. The van der Waals surface area contributed by atoms with Crippen molar-refractivity contribution in [3.8, 4) is 34.6 Å². The second kappa shape index (κ2) is 11.0. The van der Waals surface area contributed by atoms with Gasteiger partial charge in [-0.1, -0.05) is 19.1 Å². The average molecular weight is 544 g/mol. The summed E-state index contributed by atoms with van der Waals surface area (Å²) in [5, 5.41) is 7.28. The lowest BCUT2D eigenvalue weighted by atomic mass is 10.1. The number of rotatable bonds is 10. The van der Waals surface area contributed by atoms with Crippen LogP contribution in [0.15, 0.2) is 48.7 Å². The van der Waals surface area contributed by atoms with E-state index in [0.717, 1.165) is 6.07 Å². The number of halogens is 1. The van der Waals surface area contributed by atoms with Gasteiger partial charge in [-0.05, 0) is 25.1 Å². The maximum atomic E-state index is 13.7. The number of hydrogen-bond acceptors (Lipinski definition) is 10. The molecule has 0 unspecified atom stereocenters. The molecule has 0 spiro atoms. The molecule has 2 atom stereocenters. The number of para-hydroxylation sites is 1. The number of nitrogens with one attached hydrogen (secondary N) is 1. The van der Waals surface area contributed by atoms with Crippen molar-refractivity contribution in [1.82, 2.24) is 29.7 Å². The molecule has 0 radical (unpaired) electrons. The Morgan fingerprint density at radius 1 is 0.921 bits per heavy atom. The normalized spacial score (nSPS) is 13.0. The minimum absolute atomic E-state index is 0.0528. The van der Waals surface area contributed by atoms with E-state index in [1.165, 1.54) is 39.0 Å². The minimum Gasteiger partial charge on any atom is -0.494 e. The molecule has 4 aromatic rings. The van der Waals surface area contributed by atoms with E-state index in [9.17, 15) is 12.8 Å². The summed E-state index contributed by atoms with van der Waals surface area (Å²) in [5.41, 5.74) is 0.693. The van der Waals surface area contributed by atoms with Crippen LogP contribution in [0.25, 0.3) is 17.2 Å². The van der Waals surface area contributed by atoms with E-state index in [4.69, 9.17) is 14.2 Å². The van der Waals surface area contributed by atoms with Gasteiger partial charge in [-0.2, -0.15) is 4.39 Å². The molecule has 0 amide bonds. The first-order chi connectivity index (χ1) is 18.2. The fourth-order valence-corrected chi connectivity index (χ4v) is 4.93. The number of hydrogen-bond donors (Lipinski definition) is 1. The summed E-state index contributed by atoms with van der Waals surface area (Å²) in [4.78, 5) is 12.2. The molecule has 0 bridgehead atoms. The minimum atomic E-state index is -4.13. The third kappa shape index (κ3) is 5.20. The molecule has 0 aliphatic carbocycles. The van der Waals surface area contributed by atoms with Crippen LogP contribution in [0.2, 0.25) is 0 Å². The highest BCUT2D eigenvalue weighted by Gasteiger charge is 2.32. The van der Waals surface area contributed by atoms with Crippen molar-refractivity contribution in [3.63, 3.8) is 0 Å². The molecule has 38 heavy (non-hydrogen) atoms. The Balaban J connectivity index is 1.85. The Labute approximate surface area is 218 Å². The van der Waals surface area contributed by atoms with Gasteiger partial charge in [0.15, 0.2) is 5.82 Å². The summed E-state index contributed by atoms with van der Waals surface area (Å²) in [6, 6.07) is 11.2. The summed E-state index contributed by atoms with van der Waals surface area (Å²) < 4.78 is 61.0. The van der Waals surface area contributed by atoms with Gasteiger partial charge in [0.2, 0.25) is 27.8 Å². The number of nitrogens with zero attached hydrogens (tertiary/aromatic N) is 6. The first-order valence-electron chi connectivity index (χ1n) is 11.4. The van der Waals surface area contributed by atoms with E-state index in [2.05, 4.69) is 29.9 Å². The molecule has 14 heteroatoms. The third-order valence-corrected chi connectivity index (χ3v) is 7.78. The molecule has 4 rings (SSSR count). The highest BCUT2D eigenvalue weighted by molar-refractivity contribution is 7.93. The molecule has 0 aliphatic heterocycles. The zero-order chi connectivity index (χ0) is 27.4. The second-order valence-corrected chi connectivity index (χ2v) is 10.2. The van der Waals surface area contributed by atoms with Gasteiger partial charge in [0.25, 0.3) is 0 Å². The molecule has 1 N–H and O–H groups in total. The summed E-state index contributed by atoms with van der Waals surface area (Å²) in [6.07, 6.45) is 1.24. The molecular weight excluding hydrogens is 517 g/mol. The molecule has 0 saturated heterocycles. The zero-order valence-electron chi connectivity index (χ0n) is 21.3. The quantitative estimate of drug-likeness (QED) is 0.296. The van der Waals surface area contributed by atoms with Gasteiger partial charge in [0, 0.05) is 24.2 Å². The molecule has 3 aromatic heterocycles. The highest BCUT2D eigenvalue weighted by Crippen LogP contribution is 2.38. The van der Waals surface area contributed by atoms with E-state index in [1.807, 2.05) is 0 Å². The topological polar surface area (TPSA) is 143 Å². The van der Waals surface area contributed by atoms with E-state index in [1.54, 1.807) is 43.3 Å². The lowest BCUT2D eigenvalue weighted by Crippen LogP contribution is -2.31. The number of sulfonamides is 1. The Kier molecular flexibility index (Phi) is 7.71. The maximum absolute atomic E-state index is 13.7. The number of benzene rings is 1. The first-order valence-corrected chi connectivity index (χ1v) is 12.9. The summed E-state index contributed by atoms with van der Waals surface area (Å²) >= 11 is 0. The van der Waals surface area contributed by atoms with Gasteiger partial charge in [-0.3, -0.25) is 9.29 Å². The Morgan fingerprint density at radius 2 is 1.61 bits per heavy atom. The predicted molar refractivity (Wildman–Crippen MR) is 137 cm³/mol. The number of anilines is 1. The second-order valence-electron chi connectivity index (χ2n) is 8.14. The first kappa shape index (κ1) is 26.7. The predicted octanol–water partition coefficient (Wildman–Crippen LogP) is 3.22. The van der Waals surface area contributed by atoms with Crippen LogP contribution in [0, 0.1) is 5.95 Å². The van der Waals surface area contributed by atoms with Crippen molar-refractivity contribution >= 4 is 16.0 Å². The monoisotopic (exact) mass is 543 g/mol. The SMILES string of the molecule is COc1cccc(-c2nnc(NS(=O)(=O)[C@H](C)[C@@H](C)c3nccc(F)n3)n2-c2c(OC)cccc2OC)n1. The molecule has 200 valence electrons. The molecule has 0 aliphatic rings. The largest absolute Gasteiger partial charge is 0.494 e. The average Bonchev–Trinajstić information content (AvgIpc) is 3.33. The van der Waals surface area contributed by atoms with E-state index < -0.39 is 27.1 Å². The van der Waals surface area contributed by atoms with Crippen LogP contribution < -0.4 is 18.9 Å². The van der Waals surface area contributed by atoms with Crippen LogP contribution in [0.4, 0.5) is 10.3 Å². The molecule has 12 nitrogen and oxygen atoms in total. The van der Waals surface area contributed by atoms with Crippen molar-refractivity contribution in [2.75, 3.05) is 26.1 Å². The van der Waals surface area contributed by atoms with Gasteiger partial charge in [-0.25, -0.2) is 23.4 Å². The van der Waals surface area contributed by atoms with Crippen LogP contribution in [0.1, 0.15) is 25.6 Å². The zero-order valence-corrected chi connectivity index (χ0v) is 22.1. The van der Waals surface area contributed by atoms with Crippen LogP contribution in [0.5, 0.6) is 17.4 Å². The molecule has 0 fully saturated rings. The smallest absolute Gasteiger partial charge is 0.243 e. The molecule has 1 aromatic carbocycles.